The van der Waals surface area contributed by atoms with E-state index >= 15 is 0 Å². The molecular weight excluding hydrogens is 467 g/mol. The van der Waals surface area contributed by atoms with Crippen molar-refractivity contribution < 1.29 is 28.2 Å². The lowest BCUT2D eigenvalue weighted by Gasteiger charge is -2.38. The lowest BCUT2D eigenvalue weighted by atomic mass is 9.88. The Morgan fingerprint density at radius 1 is 1.28 bits per heavy atom. The molecule has 3 rings (SSSR count). The Morgan fingerprint density at radius 3 is 2.86 bits per heavy atom. The largest absolute Gasteiger partial charge is 0.453 e. The Balaban J connectivity index is 1.62. The van der Waals surface area contributed by atoms with E-state index in [1.165, 1.54) is 19.2 Å². The molecule has 2 aliphatic heterocycles. The van der Waals surface area contributed by atoms with Crippen LogP contribution in [0.1, 0.15) is 43.8 Å². The van der Waals surface area contributed by atoms with E-state index in [0.717, 1.165) is 50.9 Å². The Kier molecular flexibility index (Phi) is 11.7. The number of halogens is 1. The number of carbonyl (C=O) groups excluding carboxylic acids is 2. The van der Waals surface area contributed by atoms with Gasteiger partial charge in [-0.1, -0.05) is 12.1 Å². The first-order valence-electron chi connectivity index (χ1n) is 13.0. The zero-order valence-corrected chi connectivity index (χ0v) is 21.5. The molecule has 1 aromatic rings. The summed E-state index contributed by atoms with van der Waals surface area (Å²) in [5, 5.41) is 9.01. The molecule has 10 heteroatoms. The second-order valence-electron chi connectivity index (χ2n) is 9.64. The van der Waals surface area contributed by atoms with Gasteiger partial charge in [0.15, 0.2) is 0 Å². The maximum atomic E-state index is 14.0. The molecule has 2 aliphatic rings. The van der Waals surface area contributed by atoms with Gasteiger partial charge in [0, 0.05) is 51.4 Å². The van der Waals surface area contributed by atoms with E-state index in [4.69, 9.17) is 9.47 Å². The Labute approximate surface area is 213 Å². The van der Waals surface area contributed by atoms with Gasteiger partial charge in [-0.2, -0.15) is 0 Å². The molecule has 2 heterocycles. The van der Waals surface area contributed by atoms with Crippen molar-refractivity contribution in [1.29, 1.82) is 0 Å². The quantitative estimate of drug-likeness (QED) is 0.397. The molecule has 2 saturated heterocycles. The van der Waals surface area contributed by atoms with Gasteiger partial charge in [0.25, 0.3) is 0 Å². The van der Waals surface area contributed by atoms with Gasteiger partial charge in [0.1, 0.15) is 5.82 Å². The molecule has 36 heavy (non-hydrogen) atoms. The Bertz CT molecular complexity index is 823. The van der Waals surface area contributed by atoms with E-state index in [2.05, 4.69) is 20.7 Å². The summed E-state index contributed by atoms with van der Waals surface area (Å²) in [7, 11) is 3.20. The molecule has 202 valence electrons. The van der Waals surface area contributed by atoms with Gasteiger partial charge < -0.3 is 35.1 Å². The number of amides is 3. The van der Waals surface area contributed by atoms with Crippen LogP contribution in [-0.2, 0) is 14.2 Å². The van der Waals surface area contributed by atoms with E-state index in [1.54, 1.807) is 6.07 Å². The monoisotopic (exact) mass is 508 g/mol. The lowest BCUT2D eigenvalue weighted by molar-refractivity contribution is -0.00889. The number of likely N-dealkylation sites (tertiary alicyclic amines) is 1. The van der Waals surface area contributed by atoms with Gasteiger partial charge in [-0.15, -0.1) is 0 Å². The average molecular weight is 509 g/mol. The third kappa shape index (κ3) is 8.90. The summed E-state index contributed by atoms with van der Waals surface area (Å²) in [6.45, 7) is 3.96. The molecule has 0 saturated carbocycles. The highest BCUT2D eigenvalue weighted by Crippen LogP contribution is 2.33. The van der Waals surface area contributed by atoms with Crippen LogP contribution in [0.4, 0.5) is 14.0 Å². The van der Waals surface area contributed by atoms with Crippen LogP contribution in [0, 0.1) is 17.7 Å². The van der Waals surface area contributed by atoms with Crippen LogP contribution in [0.2, 0.25) is 0 Å². The minimum absolute atomic E-state index is 0.000999. The minimum Gasteiger partial charge on any atom is -0.453 e. The SMILES string of the molecule is CNC[C@H](C[C@H]1CCCOC1)NC(=O)N1CCC[C@@H](C(OCCNC(=O)OC)c2cccc(F)c2)C1. The molecular formula is C26H41FN4O5. The molecule has 3 amide bonds. The van der Waals surface area contributed by atoms with Gasteiger partial charge in [0.2, 0.25) is 0 Å². The van der Waals surface area contributed by atoms with Gasteiger partial charge in [-0.05, 0) is 62.8 Å². The second kappa shape index (κ2) is 15.0. The molecule has 0 bridgehead atoms. The summed E-state index contributed by atoms with van der Waals surface area (Å²) in [5.74, 6) is 0.121. The second-order valence-corrected chi connectivity index (χ2v) is 9.64. The average Bonchev–Trinajstić information content (AvgIpc) is 2.89. The first-order valence-corrected chi connectivity index (χ1v) is 13.0. The van der Waals surface area contributed by atoms with Crippen LogP contribution in [0.3, 0.4) is 0 Å². The molecule has 3 N–H and O–H groups in total. The van der Waals surface area contributed by atoms with Crippen molar-refractivity contribution in [3.63, 3.8) is 0 Å². The normalized spacial score (nSPS) is 21.9. The highest BCUT2D eigenvalue weighted by atomic mass is 19.1. The van der Waals surface area contributed by atoms with Gasteiger partial charge in [-0.25, -0.2) is 14.0 Å². The lowest BCUT2D eigenvalue weighted by Crippen LogP contribution is -2.52. The summed E-state index contributed by atoms with van der Waals surface area (Å²) in [6, 6.07) is 6.33. The smallest absolute Gasteiger partial charge is 0.406 e. The topological polar surface area (TPSA) is 101 Å². The van der Waals surface area contributed by atoms with Crippen molar-refractivity contribution in [2.75, 3.05) is 60.2 Å². The number of hydrogen-bond donors (Lipinski definition) is 3. The van der Waals surface area contributed by atoms with E-state index in [0.29, 0.717) is 25.6 Å². The van der Waals surface area contributed by atoms with E-state index in [-0.39, 0.29) is 37.0 Å². The maximum Gasteiger partial charge on any atom is 0.406 e. The number of rotatable bonds is 11. The molecule has 2 fully saturated rings. The van der Waals surface area contributed by atoms with E-state index in [9.17, 15) is 14.0 Å². The number of likely N-dealkylation sites (N-methyl/N-ethyl adjacent to an activating group) is 1. The molecule has 9 nitrogen and oxygen atoms in total. The van der Waals surface area contributed by atoms with Crippen LogP contribution in [0.25, 0.3) is 0 Å². The molecule has 0 aromatic heterocycles. The fraction of sp³-hybridized carbons (Fsp3) is 0.692. The predicted molar refractivity (Wildman–Crippen MR) is 134 cm³/mol. The third-order valence-electron chi connectivity index (χ3n) is 6.86. The number of alkyl carbamates (subject to hydrolysis) is 1. The zero-order valence-electron chi connectivity index (χ0n) is 21.5. The third-order valence-corrected chi connectivity index (χ3v) is 6.86. The van der Waals surface area contributed by atoms with Crippen molar-refractivity contribution in [3.8, 4) is 0 Å². The van der Waals surface area contributed by atoms with Crippen LogP contribution in [-0.4, -0.2) is 83.2 Å². The summed E-state index contributed by atoms with van der Waals surface area (Å²) in [6.07, 6.45) is 3.83. The van der Waals surface area contributed by atoms with E-state index in [1.807, 2.05) is 18.0 Å². The van der Waals surface area contributed by atoms with Crippen LogP contribution in [0.5, 0.6) is 0 Å². The number of piperidine rings is 1. The number of nitrogens with one attached hydrogen (secondary N) is 3. The van der Waals surface area contributed by atoms with Crippen molar-refractivity contribution in [1.82, 2.24) is 20.9 Å². The standard InChI is InChI=1S/C26H41FN4O5/c1-28-16-23(14-19-6-5-12-35-18-19)30-25(32)31-11-4-8-21(17-31)24(20-7-3-9-22(27)15-20)36-13-10-29-26(33)34-2/h3,7,9,15,19,21,23-24,28H,4-6,8,10-14,16-18H2,1-2H3,(H,29,33)(H,30,32)/t19-,21-,23+,24?/m1/s1. The molecule has 0 radical (unpaired) electrons. The fourth-order valence-electron chi connectivity index (χ4n) is 5.14. The van der Waals surface area contributed by atoms with Gasteiger partial charge in [-0.3, -0.25) is 0 Å². The fourth-order valence-corrected chi connectivity index (χ4v) is 5.14. The number of benzene rings is 1. The van der Waals surface area contributed by atoms with Crippen molar-refractivity contribution in [2.45, 2.75) is 44.2 Å². The number of urea groups is 1. The van der Waals surface area contributed by atoms with Crippen molar-refractivity contribution in [3.05, 3.63) is 35.6 Å². The minimum atomic E-state index is -0.530. The number of hydrogen-bond acceptors (Lipinski definition) is 6. The number of ether oxygens (including phenoxy) is 3. The molecule has 4 atom stereocenters. The molecule has 1 aromatic carbocycles. The summed E-state index contributed by atoms with van der Waals surface area (Å²) in [5.41, 5.74) is 0.727. The van der Waals surface area contributed by atoms with Gasteiger partial charge >= 0.3 is 12.1 Å². The number of carbonyl (C=O) groups is 2. The number of methoxy groups -OCH3 is 1. The summed E-state index contributed by atoms with van der Waals surface area (Å²) in [4.78, 5) is 26.4. The summed E-state index contributed by atoms with van der Waals surface area (Å²) < 4.78 is 30.4. The Hall–Kier alpha value is -2.43. The zero-order chi connectivity index (χ0) is 25.8. The maximum absolute atomic E-state index is 14.0. The molecule has 0 aliphatic carbocycles. The van der Waals surface area contributed by atoms with Crippen molar-refractivity contribution >= 4 is 12.1 Å². The molecule has 1 unspecified atom stereocenters. The number of nitrogens with zero attached hydrogens (tertiary/aromatic N) is 1. The Morgan fingerprint density at radius 2 is 2.14 bits per heavy atom. The first-order chi connectivity index (χ1) is 17.5. The van der Waals surface area contributed by atoms with Crippen LogP contribution < -0.4 is 16.0 Å². The first kappa shape index (κ1) is 28.1. The predicted octanol–water partition coefficient (Wildman–Crippen LogP) is 3.07. The molecule has 0 spiro atoms. The summed E-state index contributed by atoms with van der Waals surface area (Å²) >= 11 is 0. The van der Waals surface area contributed by atoms with E-state index < -0.39 is 12.2 Å². The van der Waals surface area contributed by atoms with Crippen molar-refractivity contribution in [2.24, 2.45) is 11.8 Å². The highest BCUT2D eigenvalue weighted by Gasteiger charge is 2.32. The highest BCUT2D eigenvalue weighted by molar-refractivity contribution is 5.74. The van der Waals surface area contributed by atoms with Gasteiger partial charge in [0.05, 0.1) is 19.8 Å². The van der Waals surface area contributed by atoms with Crippen LogP contribution >= 0.6 is 0 Å². The van der Waals surface area contributed by atoms with Crippen LogP contribution in [0.15, 0.2) is 24.3 Å².